The van der Waals surface area contributed by atoms with Crippen LogP contribution in [0.3, 0.4) is 0 Å². The third-order valence-electron chi connectivity index (χ3n) is 4.65. The van der Waals surface area contributed by atoms with Gasteiger partial charge in [-0.2, -0.15) is 4.31 Å². The number of carbonyl (C=O) groups is 1. The summed E-state index contributed by atoms with van der Waals surface area (Å²) < 4.78 is 27.8. The first-order chi connectivity index (χ1) is 12.9. The molecule has 6 nitrogen and oxygen atoms in total. The van der Waals surface area contributed by atoms with Crippen molar-refractivity contribution in [1.29, 1.82) is 0 Å². The first-order valence-electron chi connectivity index (χ1n) is 8.80. The zero-order chi connectivity index (χ0) is 19.4. The number of sulfonamides is 1. The van der Waals surface area contributed by atoms with E-state index in [9.17, 15) is 13.2 Å². The average Bonchev–Trinajstić information content (AvgIpc) is 2.68. The largest absolute Gasteiger partial charge is 0.322 e. The van der Waals surface area contributed by atoms with E-state index in [1.807, 2.05) is 6.07 Å². The fourth-order valence-electron chi connectivity index (χ4n) is 2.99. The van der Waals surface area contributed by atoms with Gasteiger partial charge in [-0.15, -0.1) is 0 Å². The van der Waals surface area contributed by atoms with Crippen LogP contribution in [0.15, 0.2) is 57.9 Å². The van der Waals surface area contributed by atoms with E-state index < -0.39 is 10.0 Å². The van der Waals surface area contributed by atoms with Crippen LogP contribution in [0.1, 0.15) is 17.3 Å². The predicted molar refractivity (Wildman–Crippen MR) is 109 cm³/mol. The maximum Gasteiger partial charge on any atom is 0.256 e. The molecule has 1 amide bonds. The maximum atomic E-state index is 12.8. The first-order valence-corrected chi connectivity index (χ1v) is 11.0. The van der Waals surface area contributed by atoms with Crippen LogP contribution in [0.2, 0.25) is 0 Å². The summed E-state index contributed by atoms with van der Waals surface area (Å²) in [6, 6.07) is 13.4. The number of nitrogens with zero attached hydrogens (tertiary/aromatic N) is 2. The van der Waals surface area contributed by atoms with Crippen molar-refractivity contribution in [1.82, 2.24) is 9.21 Å². The summed E-state index contributed by atoms with van der Waals surface area (Å²) in [6.07, 6.45) is 0. The van der Waals surface area contributed by atoms with Gasteiger partial charge in [0.1, 0.15) is 0 Å². The highest BCUT2D eigenvalue weighted by Crippen LogP contribution is 2.21. The van der Waals surface area contributed by atoms with Crippen LogP contribution in [0.4, 0.5) is 5.69 Å². The lowest BCUT2D eigenvalue weighted by atomic mass is 10.2. The Kier molecular flexibility index (Phi) is 6.31. The summed E-state index contributed by atoms with van der Waals surface area (Å²) in [4.78, 5) is 14.8. The first kappa shape index (κ1) is 20.0. The molecule has 1 aliphatic heterocycles. The second-order valence-electron chi connectivity index (χ2n) is 6.30. The standard InChI is InChI=1S/C19H22BrN3O3S/c1-2-22-11-13-23(14-12-22)27(25,26)16-9-7-15(8-10-16)21-19(24)17-5-3-4-6-18(17)20/h3-10H,2,11-14H2,1H3,(H,21,24). The van der Waals surface area contributed by atoms with Crippen LogP contribution in [-0.2, 0) is 10.0 Å². The Bertz CT molecular complexity index is 908. The quantitative estimate of drug-likeness (QED) is 0.758. The Morgan fingerprint density at radius 3 is 2.26 bits per heavy atom. The Morgan fingerprint density at radius 2 is 1.67 bits per heavy atom. The van der Waals surface area contributed by atoms with E-state index in [1.54, 1.807) is 30.3 Å². The number of amides is 1. The fraction of sp³-hybridized carbons (Fsp3) is 0.316. The Labute approximate surface area is 168 Å². The molecular weight excluding hydrogens is 430 g/mol. The molecule has 3 rings (SSSR count). The fourth-order valence-corrected chi connectivity index (χ4v) is 4.88. The number of nitrogens with one attached hydrogen (secondary N) is 1. The molecule has 2 aromatic rings. The molecule has 0 radical (unpaired) electrons. The average molecular weight is 452 g/mol. The number of piperazine rings is 1. The van der Waals surface area contributed by atoms with Crippen molar-refractivity contribution in [3.8, 4) is 0 Å². The molecule has 1 N–H and O–H groups in total. The van der Waals surface area contributed by atoms with Gasteiger partial charge < -0.3 is 10.2 Å². The number of rotatable bonds is 5. The molecule has 0 saturated carbocycles. The number of likely N-dealkylation sites (N-methyl/N-ethyl adjacent to an activating group) is 1. The van der Waals surface area contributed by atoms with Crippen LogP contribution in [0.25, 0.3) is 0 Å². The van der Waals surface area contributed by atoms with Gasteiger partial charge in [0.2, 0.25) is 10.0 Å². The predicted octanol–water partition coefficient (Wildman–Crippen LogP) is 3.03. The molecule has 1 fully saturated rings. The van der Waals surface area contributed by atoms with E-state index in [-0.39, 0.29) is 10.8 Å². The van der Waals surface area contributed by atoms with Crippen molar-refractivity contribution in [2.24, 2.45) is 0 Å². The number of hydrogen-bond acceptors (Lipinski definition) is 4. The smallest absolute Gasteiger partial charge is 0.256 e. The van der Waals surface area contributed by atoms with Gasteiger partial charge in [-0.3, -0.25) is 4.79 Å². The minimum Gasteiger partial charge on any atom is -0.322 e. The van der Waals surface area contributed by atoms with E-state index in [0.29, 0.717) is 28.8 Å². The zero-order valence-corrected chi connectivity index (χ0v) is 17.5. The molecular formula is C19H22BrN3O3S. The van der Waals surface area contributed by atoms with Crippen molar-refractivity contribution >= 4 is 37.5 Å². The molecule has 1 saturated heterocycles. The Hall–Kier alpha value is -1.74. The molecule has 0 aromatic heterocycles. The molecule has 0 atom stereocenters. The van der Waals surface area contributed by atoms with Crippen molar-refractivity contribution in [3.05, 3.63) is 58.6 Å². The molecule has 0 bridgehead atoms. The van der Waals surface area contributed by atoms with Gasteiger partial charge in [-0.1, -0.05) is 19.1 Å². The number of halogens is 1. The van der Waals surface area contributed by atoms with Crippen molar-refractivity contribution in [3.63, 3.8) is 0 Å². The summed E-state index contributed by atoms with van der Waals surface area (Å²) in [7, 11) is -3.51. The van der Waals surface area contributed by atoms with Crippen LogP contribution in [0.5, 0.6) is 0 Å². The van der Waals surface area contributed by atoms with Crippen molar-refractivity contribution in [2.75, 3.05) is 38.0 Å². The van der Waals surface area contributed by atoms with E-state index in [2.05, 4.69) is 33.1 Å². The number of benzene rings is 2. The summed E-state index contributed by atoms with van der Waals surface area (Å²) in [6.45, 7) is 5.49. The molecule has 2 aromatic carbocycles. The van der Waals surface area contributed by atoms with Gasteiger partial charge >= 0.3 is 0 Å². The van der Waals surface area contributed by atoms with E-state index in [1.165, 1.54) is 16.4 Å². The zero-order valence-electron chi connectivity index (χ0n) is 15.1. The lowest BCUT2D eigenvalue weighted by Gasteiger charge is -2.33. The van der Waals surface area contributed by atoms with E-state index in [4.69, 9.17) is 0 Å². The lowest BCUT2D eigenvalue weighted by Crippen LogP contribution is -2.48. The molecule has 8 heteroatoms. The highest BCUT2D eigenvalue weighted by molar-refractivity contribution is 9.10. The maximum absolute atomic E-state index is 12.8. The summed E-state index contributed by atoms with van der Waals surface area (Å²) in [5, 5.41) is 2.79. The minimum absolute atomic E-state index is 0.242. The van der Waals surface area contributed by atoms with Crippen LogP contribution < -0.4 is 5.32 Å². The van der Waals surface area contributed by atoms with Gasteiger partial charge in [-0.25, -0.2) is 8.42 Å². The van der Waals surface area contributed by atoms with Gasteiger partial charge in [0, 0.05) is 36.3 Å². The minimum atomic E-state index is -3.51. The Morgan fingerprint density at radius 1 is 1.04 bits per heavy atom. The number of hydrogen-bond donors (Lipinski definition) is 1. The molecule has 0 unspecified atom stereocenters. The van der Waals surface area contributed by atoms with Gasteiger partial charge in [0.25, 0.3) is 5.91 Å². The van der Waals surface area contributed by atoms with E-state index in [0.717, 1.165) is 19.6 Å². The van der Waals surface area contributed by atoms with Crippen molar-refractivity contribution in [2.45, 2.75) is 11.8 Å². The van der Waals surface area contributed by atoms with E-state index >= 15 is 0 Å². The van der Waals surface area contributed by atoms with Crippen LogP contribution in [-0.4, -0.2) is 56.3 Å². The van der Waals surface area contributed by atoms with Crippen LogP contribution in [0, 0.1) is 0 Å². The third kappa shape index (κ3) is 4.57. The molecule has 1 heterocycles. The molecule has 0 aliphatic carbocycles. The molecule has 0 spiro atoms. The highest BCUT2D eigenvalue weighted by Gasteiger charge is 2.27. The van der Waals surface area contributed by atoms with Gasteiger partial charge in [0.15, 0.2) is 0 Å². The number of anilines is 1. The molecule has 144 valence electrons. The number of carbonyl (C=O) groups excluding carboxylic acids is 1. The topological polar surface area (TPSA) is 69.7 Å². The summed E-state index contributed by atoms with van der Waals surface area (Å²) in [5.41, 5.74) is 1.06. The lowest BCUT2D eigenvalue weighted by molar-refractivity contribution is 0.102. The SMILES string of the molecule is CCN1CCN(S(=O)(=O)c2ccc(NC(=O)c3ccccc3Br)cc2)CC1. The second kappa shape index (κ2) is 8.52. The van der Waals surface area contributed by atoms with Crippen LogP contribution >= 0.6 is 15.9 Å². The summed E-state index contributed by atoms with van der Waals surface area (Å²) in [5.74, 6) is -0.256. The Balaban J connectivity index is 1.70. The highest BCUT2D eigenvalue weighted by atomic mass is 79.9. The third-order valence-corrected chi connectivity index (χ3v) is 7.25. The normalized spacial score (nSPS) is 16.2. The summed E-state index contributed by atoms with van der Waals surface area (Å²) >= 11 is 3.35. The second-order valence-corrected chi connectivity index (χ2v) is 9.09. The molecule has 1 aliphatic rings. The van der Waals surface area contributed by atoms with Gasteiger partial charge in [0.05, 0.1) is 10.5 Å². The van der Waals surface area contributed by atoms with Crippen molar-refractivity contribution < 1.29 is 13.2 Å². The molecule has 27 heavy (non-hydrogen) atoms. The monoisotopic (exact) mass is 451 g/mol. The van der Waals surface area contributed by atoms with Gasteiger partial charge in [-0.05, 0) is 58.9 Å².